The standard InChI is InChI=1S/C11H7BrClNO5S2/c12-7-4-9(13)20-10(7)14(21(18)19)5-1-2-6(11(16)17)8(15)3-5/h1-4,15H,(H,16,17)(H,18,19). The fourth-order valence-corrected chi connectivity index (χ4v) is 4.50. The molecule has 10 heteroatoms. The average Bonchev–Trinajstić information content (AvgIpc) is 2.68. The summed E-state index contributed by atoms with van der Waals surface area (Å²) in [5.41, 5.74) is -0.150. The minimum atomic E-state index is -2.43. The molecule has 0 saturated carbocycles. The minimum absolute atomic E-state index is 0.151. The summed E-state index contributed by atoms with van der Waals surface area (Å²) in [5, 5.41) is 18.9. The quantitative estimate of drug-likeness (QED) is 0.663. The Balaban J connectivity index is 2.54. The maximum atomic E-state index is 11.6. The van der Waals surface area contributed by atoms with Crippen LogP contribution in [0.1, 0.15) is 10.4 Å². The van der Waals surface area contributed by atoms with Crippen LogP contribution in [0.15, 0.2) is 28.7 Å². The van der Waals surface area contributed by atoms with Crippen LogP contribution in [-0.4, -0.2) is 24.9 Å². The lowest BCUT2D eigenvalue weighted by Crippen LogP contribution is -2.18. The largest absolute Gasteiger partial charge is 0.507 e. The first-order valence-corrected chi connectivity index (χ1v) is 8.28. The number of phenols is 1. The molecule has 0 amide bonds. The van der Waals surface area contributed by atoms with Crippen molar-refractivity contribution in [2.45, 2.75) is 0 Å². The molecule has 0 aliphatic heterocycles. The van der Waals surface area contributed by atoms with E-state index in [4.69, 9.17) is 16.7 Å². The van der Waals surface area contributed by atoms with E-state index >= 15 is 0 Å². The van der Waals surface area contributed by atoms with Crippen LogP contribution >= 0.6 is 38.9 Å². The number of benzene rings is 1. The minimum Gasteiger partial charge on any atom is -0.507 e. The van der Waals surface area contributed by atoms with Crippen molar-refractivity contribution >= 4 is 66.8 Å². The van der Waals surface area contributed by atoms with Crippen molar-refractivity contribution in [3.05, 3.63) is 38.6 Å². The van der Waals surface area contributed by atoms with Gasteiger partial charge in [-0.2, -0.15) is 0 Å². The Morgan fingerprint density at radius 3 is 2.48 bits per heavy atom. The molecule has 0 bridgehead atoms. The zero-order valence-electron chi connectivity index (χ0n) is 9.99. The normalized spacial score (nSPS) is 12.1. The molecule has 3 N–H and O–H groups in total. The molecule has 0 aliphatic rings. The highest BCUT2D eigenvalue weighted by molar-refractivity contribution is 9.10. The first-order valence-electron chi connectivity index (χ1n) is 5.23. The van der Waals surface area contributed by atoms with Crippen molar-refractivity contribution in [2.24, 2.45) is 0 Å². The molecule has 0 saturated heterocycles. The van der Waals surface area contributed by atoms with Gasteiger partial charge in [-0.15, -0.1) is 11.3 Å². The number of carboxylic acid groups (broad SMARTS) is 1. The van der Waals surface area contributed by atoms with Crippen LogP contribution in [0.25, 0.3) is 0 Å². The van der Waals surface area contributed by atoms with Crippen molar-refractivity contribution in [3.63, 3.8) is 0 Å². The number of rotatable bonds is 4. The van der Waals surface area contributed by atoms with Crippen LogP contribution in [0.2, 0.25) is 4.34 Å². The molecule has 2 aromatic rings. The predicted molar refractivity (Wildman–Crippen MR) is 85.0 cm³/mol. The van der Waals surface area contributed by atoms with Crippen LogP contribution in [0.4, 0.5) is 10.7 Å². The number of anilines is 2. The molecule has 1 aromatic carbocycles. The SMILES string of the molecule is O=C(O)c1ccc(N(c2sc(Cl)cc2Br)S(=O)O)cc1O. The van der Waals surface area contributed by atoms with Gasteiger partial charge in [0.15, 0.2) is 0 Å². The molecule has 21 heavy (non-hydrogen) atoms. The van der Waals surface area contributed by atoms with E-state index < -0.39 is 23.0 Å². The van der Waals surface area contributed by atoms with E-state index in [1.165, 1.54) is 6.07 Å². The average molecular weight is 413 g/mol. The zero-order valence-corrected chi connectivity index (χ0v) is 14.0. The number of thiophene rings is 1. The van der Waals surface area contributed by atoms with Gasteiger partial charge in [-0.3, -0.25) is 4.55 Å². The topological polar surface area (TPSA) is 98.1 Å². The Labute approximate surface area is 139 Å². The summed E-state index contributed by atoms with van der Waals surface area (Å²) >= 11 is 7.70. The number of aromatic hydroxyl groups is 1. The molecule has 1 atom stereocenters. The number of hydrogen-bond acceptors (Lipinski definition) is 4. The number of hydrogen-bond donors (Lipinski definition) is 3. The third kappa shape index (κ3) is 3.38. The number of carbonyl (C=O) groups is 1. The van der Waals surface area contributed by atoms with Gasteiger partial charge in [-0.05, 0) is 34.1 Å². The monoisotopic (exact) mass is 411 g/mol. The van der Waals surface area contributed by atoms with Crippen LogP contribution in [-0.2, 0) is 11.3 Å². The van der Waals surface area contributed by atoms with Crippen molar-refractivity contribution in [3.8, 4) is 5.75 Å². The third-order valence-electron chi connectivity index (χ3n) is 2.43. The molecular formula is C11H7BrClNO5S2. The van der Waals surface area contributed by atoms with Crippen molar-refractivity contribution in [1.82, 2.24) is 0 Å². The Hall–Kier alpha value is -1.13. The van der Waals surface area contributed by atoms with Gasteiger partial charge in [0, 0.05) is 6.07 Å². The van der Waals surface area contributed by atoms with E-state index in [9.17, 15) is 18.7 Å². The van der Waals surface area contributed by atoms with Crippen LogP contribution in [0.3, 0.4) is 0 Å². The van der Waals surface area contributed by atoms with Gasteiger partial charge in [-0.1, -0.05) is 11.6 Å². The van der Waals surface area contributed by atoms with E-state index in [0.29, 0.717) is 13.8 Å². The fourth-order valence-electron chi connectivity index (χ4n) is 1.58. The van der Waals surface area contributed by atoms with Crippen molar-refractivity contribution < 1.29 is 23.8 Å². The van der Waals surface area contributed by atoms with E-state index in [1.807, 2.05) is 0 Å². The lowest BCUT2D eigenvalue weighted by molar-refractivity contribution is 0.0694. The maximum Gasteiger partial charge on any atom is 0.339 e. The van der Waals surface area contributed by atoms with Gasteiger partial charge >= 0.3 is 5.97 Å². The molecule has 1 aromatic heterocycles. The second-order valence-corrected chi connectivity index (χ2v) is 7.08. The van der Waals surface area contributed by atoms with Crippen molar-refractivity contribution in [2.75, 3.05) is 4.31 Å². The van der Waals surface area contributed by atoms with Gasteiger partial charge in [-0.25, -0.2) is 13.3 Å². The smallest absolute Gasteiger partial charge is 0.339 e. The van der Waals surface area contributed by atoms with Crippen LogP contribution in [0, 0.1) is 0 Å². The summed E-state index contributed by atoms with van der Waals surface area (Å²) < 4.78 is 22.9. The summed E-state index contributed by atoms with van der Waals surface area (Å²) in [6.45, 7) is 0. The van der Waals surface area contributed by atoms with Gasteiger partial charge in [0.1, 0.15) is 16.3 Å². The van der Waals surface area contributed by atoms with Crippen LogP contribution < -0.4 is 4.31 Å². The van der Waals surface area contributed by atoms with Gasteiger partial charge < -0.3 is 10.2 Å². The summed E-state index contributed by atoms with van der Waals surface area (Å²) in [5.74, 6) is -1.80. The van der Waals surface area contributed by atoms with E-state index in [1.54, 1.807) is 6.07 Å². The highest BCUT2D eigenvalue weighted by atomic mass is 79.9. The maximum absolute atomic E-state index is 11.6. The molecule has 0 fully saturated rings. The molecular weight excluding hydrogens is 406 g/mol. The Morgan fingerprint density at radius 2 is 2.05 bits per heavy atom. The second kappa shape index (κ2) is 6.32. The lowest BCUT2D eigenvalue weighted by Gasteiger charge is -2.19. The summed E-state index contributed by atoms with van der Waals surface area (Å²) in [4.78, 5) is 10.9. The molecule has 112 valence electrons. The molecule has 0 aliphatic carbocycles. The lowest BCUT2D eigenvalue weighted by atomic mass is 10.2. The first kappa shape index (κ1) is 16.2. The summed E-state index contributed by atoms with van der Waals surface area (Å²) in [6.07, 6.45) is 0. The van der Waals surface area contributed by atoms with Crippen LogP contribution in [0.5, 0.6) is 5.75 Å². The number of halogens is 2. The molecule has 0 spiro atoms. The van der Waals surface area contributed by atoms with Gasteiger partial charge in [0.25, 0.3) is 11.3 Å². The first-order chi connectivity index (χ1) is 9.81. The van der Waals surface area contributed by atoms with Crippen molar-refractivity contribution in [1.29, 1.82) is 0 Å². The molecule has 1 heterocycles. The second-order valence-electron chi connectivity index (χ2n) is 3.74. The Bertz CT molecular complexity index is 735. The molecule has 1 unspecified atom stereocenters. The Morgan fingerprint density at radius 1 is 1.38 bits per heavy atom. The van der Waals surface area contributed by atoms with E-state index in [0.717, 1.165) is 27.8 Å². The van der Waals surface area contributed by atoms with E-state index in [2.05, 4.69) is 15.9 Å². The van der Waals surface area contributed by atoms with Gasteiger partial charge in [0.05, 0.1) is 14.5 Å². The van der Waals surface area contributed by atoms with Gasteiger partial charge in [0.2, 0.25) is 0 Å². The Kier molecular flexibility index (Phi) is 4.89. The molecule has 6 nitrogen and oxygen atoms in total. The van der Waals surface area contributed by atoms with E-state index in [-0.39, 0.29) is 11.3 Å². The number of carboxylic acids is 1. The summed E-state index contributed by atoms with van der Waals surface area (Å²) in [7, 11) is 0. The molecule has 2 rings (SSSR count). The predicted octanol–water partition coefficient (Wildman–Crippen LogP) is 3.84. The zero-order chi connectivity index (χ0) is 15.7. The number of aromatic carboxylic acids is 1. The highest BCUT2D eigenvalue weighted by Crippen LogP contribution is 2.43. The summed E-state index contributed by atoms with van der Waals surface area (Å²) in [6, 6.07) is 5.12. The third-order valence-corrected chi connectivity index (χ3v) is 5.36. The fraction of sp³-hybridized carbons (Fsp3) is 0. The number of nitrogens with zero attached hydrogens (tertiary/aromatic N) is 1. The highest BCUT2D eigenvalue weighted by Gasteiger charge is 2.22. The molecule has 0 radical (unpaired) electrons.